The van der Waals surface area contributed by atoms with Crippen LogP contribution in [0, 0.1) is 16.7 Å². The Morgan fingerprint density at radius 1 is 0.981 bits per heavy atom. The highest BCUT2D eigenvalue weighted by Crippen LogP contribution is 2.50. The van der Waals surface area contributed by atoms with Gasteiger partial charge in [-0.1, -0.05) is 53.5 Å². The lowest BCUT2D eigenvalue weighted by molar-refractivity contribution is -0.102. The van der Waals surface area contributed by atoms with Gasteiger partial charge in [-0.05, 0) is 79.8 Å². The molecule has 1 saturated heterocycles. The third-order valence-electron chi connectivity index (χ3n) is 11.3. The van der Waals surface area contributed by atoms with E-state index in [9.17, 15) is 14.8 Å². The third kappa shape index (κ3) is 7.71. The number of alkyl halides is 1. The fraction of sp³-hybridized carbons (Fsp3) is 0.429. The van der Waals surface area contributed by atoms with Crippen molar-refractivity contribution in [2.75, 3.05) is 26.2 Å². The van der Waals surface area contributed by atoms with Crippen LogP contribution in [-0.4, -0.2) is 59.5 Å². The zero-order chi connectivity index (χ0) is 36.5. The van der Waals surface area contributed by atoms with Crippen LogP contribution in [0.25, 0.3) is 11.1 Å². The van der Waals surface area contributed by atoms with Crippen molar-refractivity contribution in [1.82, 2.24) is 15.2 Å². The Kier molecular flexibility index (Phi) is 10.5. The number of ether oxygens (including phenoxy) is 3. The Balaban J connectivity index is 0.955. The van der Waals surface area contributed by atoms with E-state index in [-0.39, 0.29) is 30.3 Å². The minimum absolute atomic E-state index is 0.0301. The maximum atomic E-state index is 13.3. The molecule has 0 radical (unpaired) electrons. The van der Waals surface area contributed by atoms with Crippen molar-refractivity contribution in [3.8, 4) is 34.4 Å². The number of benzene rings is 3. The van der Waals surface area contributed by atoms with Crippen LogP contribution in [0.3, 0.4) is 0 Å². The lowest BCUT2D eigenvalue weighted by atomic mass is 9.62. The number of nitrogens with zero attached hydrogens (tertiary/aromatic N) is 3. The third-order valence-corrected chi connectivity index (χ3v) is 12.0. The smallest absolute Gasteiger partial charge is 0.142 e. The fourth-order valence-corrected chi connectivity index (χ4v) is 8.85. The zero-order valence-electron chi connectivity index (χ0n) is 29.5. The van der Waals surface area contributed by atoms with Gasteiger partial charge in [-0.2, -0.15) is 5.26 Å². The number of hydrogen-bond donors (Lipinski definition) is 2. The minimum Gasteiger partial charge on any atom is -0.492 e. The summed E-state index contributed by atoms with van der Waals surface area (Å²) in [6.45, 7) is 4.19. The lowest BCUT2D eigenvalue weighted by Crippen LogP contribution is -2.62. The van der Waals surface area contributed by atoms with Crippen LogP contribution in [0.1, 0.15) is 72.4 Å². The molecule has 0 bridgehead atoms. The first kappa shape index (κ1) is 36.1. The number of likely N-dealkylation sites (tertiary alicyclic amines) is 1. The van der Waals surface area contributed by atoms with Gasteiger partial charge in [-0.25, -0.2) is 4.39 Å². The SMILES string of the molecule is N#Cc1cncc(COc2cc(O[C@H]3CCc4c(-c5cccc(OCCCN6CC7(CC(F)C7)C6)c5Cl)cccc43)c(Cl)cc2CN[C@H]2CC[C@@H]2O)c1. The van der Waals surface area contributed by atoms with Gasteiger partial charge in [0.15, 0.2) is 0 Å². The standard InChI is InChI=1S/C42H43Cl2FN4O4/c43-34-15-28(22-48-35-9-10-36(35)50)39(52-23-27-14-26(19-46)20-47-21-27)16-40(34)53-37-11-8-31-30(4-1-5-32(31)37)33-6-2-7-38(41(33)44)51-13-3-12-49-24-42(25-49)17-29(45)18-42/h1-2,4-7,14-16,20-21,29,35-37,48,50H,3,8-13,17-18,22-25H2/t35-,36-,37-/m0/s1. The van der Waals surface area contributed by atoms with Crippen LogP contribution < -0.4 is 19.5 Å². The van der Waals surface area contributed by atoms with E-state index >= 15 is 0 Å². The van der Waals surface area contributed by atoms with Crippen molar-refractivity contribution < 1.29 is 23.7 Å². The summed E-state index contributed by atoms with van der Waals surface area (Å²) in [7, 11) is 0. The summed E-state index contributed by atoms with van der Waals surface area (Å²) in [5, 5.41) is 23.9. The van der Waals surface area contributed by atoms with Crippen LogP contribution in [0.2, 0.25) is 10.0 Å². The maximum Gasteiger partial charge on any atom is 0.142 e. The van der Waals surface area contributed by atoms with Crippen LogP contribution >= 0.6 is 23.2 Å². The molecule has 0 unspecified atom stereocenters. The number of aromatic nitrogens is 1. The molecule has 2 saturated carbocycles. The molecular formula is C42H43Cl2FN4O4. The topological polar surface area (TPSA) is 99.9 Å². The van der Waals surface area contributed by atoms with E-state index in [2.05, 4.69) is 33.4 Å². The number of pyridine rings is 1. The summed E-state index contributed by atoms with van der Waals surface area (Å²) in [4.78, 5) is 6.55. The number of rotatable bonds is 14. The predicted octanol–water partition coefficient (Wildman–Crippen LogP) is 8.39. The lowest BCUT2D eigenvalue weighted by Gasteiger charge is -2.57. The summed E-state index contributed by atoms with van der Waals surface area (Å²) in [6, 6.07) is 19.8. The number of nitrogens with one attached hydrogen (secondary N) is 1. The molecule has 3 aromatic carbocycles. The maximum absolute atomic E-state index is 13.3. The van der Waals surface area contributed by atoms with E-state index in [1.165, 1.54) is 11.8 Å². The molecule has 2 heterocycles. The number of nitriles is 1. The van der Waals surface area contributed by atoms with Gasteiger partial charge in [-0.3, -0.25) is 4.98 Å². The van der Waals surface area contributed by atoms with E-state index in [4.69, 9.17) is 37.4 Å². The molecule has 276 valence electrons. The second-order valence-corrected chi connectivity index (χ2v) is 15.8. The van der Waals surface area contributed by atoms with Gasteiger partial charge in [0.1, 0.15) is 42.2 Å². The molecule has 3 fully saturated rings. The molecule has 11 heteroatoms. The Bertz CT molecular complexity index is 2010. The molecule has 4 aliphatic rings. The number of halogens is 3. The molecule has 1 spiro atoms. The van der Waals surface area contributed by atoms with Gasteiger partial charge in [0.05, 0.1) is 28.3 Å². The molecule has 0 amide bonds. The van der Waals surface area contributed by atoms with E-state index in [0.29, 0.717) is 46.0 Å². The normalized spacial score (nSPS) is 21.6. The van der Waals surface area contributed by atoms with Crippen molar-refractivity contribution in [3.63, 3.8) is 0 Å². The summed E-state index contributed by atoms with van der Waals surface area (Å²) in [5.74, 6) is 1.79. The molecule has 3 aliphatic carbocycles. The Labute approximate surface area is 319 Å². The van der Waals surface area contributed by atoms with Crippen molar-refractivity contribution in [3.05, 3.63) is 105 Å². The first-order valence-electron chi connectivity index (χ1n) is 18.5. The van der Waals surface area contributed by atoms with Gasteiger partial charge in [-0.15, -0.1) is 0 Å². The first-order chi connectivity index (χ1) is 25.8. The van der Waals surface area contributed by atoms with Gasteiger partial charge < -0.3 is 29.5 Å². The van der Waals surface area contributed by atoms with E-state index in [0.717, 1.165) is 92.4 Å². The Morgan fingerprint density at radius 2 is 1.81 bits per heavy atom. The van der Waals surface area contributed by atoms with Gasteiger partial charge in [0.25, 0.3) is 0 Å². The monoisotopic (exact) mass is 756 g/mol. The molecule has 1 aromatic heterocycles. The largest absolute Gasteiger partial charge is 0.492 e. The summed E-state index contributed by atoms with van der Waals surface area (Å²) in [6.07, 6.45) is 7.63. The predicted molar refractivity (Wildman–Crippen MR) is 202 cm³/mol. The van der Waals surface area contributed by atoms with Gasteiger partial charge >= 0.3 is 0 Å². The van der Waals surface area contributed by atoms with E-state index < -0.39 is 6.17 Å². The molecule has 2 N–H and O–H groups in total. The highest BCUT2D eigenvalue weighted by atomic mass is 35.5. The number of aliphatic hydroxyl groups is 1. The van der Waals surface area contributed by atoms with Crippen molar-refractivity contribution in [2.45, 2.75) is 82.5 Å². The van der Waals surface area contributed by atoms with Crippen molar-refractivity contribution in [2.24, 2.45) is 5.41 Å². The summed E-state index contributed by atoms with van der Waals surface area (Å²) >= 11 is 13.9. The summed E-state index contributed by atoms with van der Waals surface area (Å²) < 4.78 is 32.5. The van der Waals surface area contributed by atoms with Crippen LogP contribution in [-0.2, 0) is 19.6 Å². The Hall–Kier alpha value is -3.91. The molecular weight excluding hydrogens is 714 g/mol. The second-order valence-electron chi connectivity index (χ2n) is 15.1. The van der Waals surface area contributed by atoms with Gasteiger partial charge in [0, 0.05) is 72.8 Å². The molecule has 53 heavy (non-hydrogen) atoms. The Morgan fingerprint density at radius 3 is 2.58 bits per heavy atom. The number of aliphatic hydroxyl groups excluding tert-OH is 1. The average molecular weight is 758 g/mol. The first-order valence-corrected chi connectivity index (χ1v) is 19.3. The zero-order valence-corrected chi connectivity index (χ0v) is 31.0. The van der Waals surface area contributed by atoms with Crippen LogP contribution in [0.4, 0.5) is 4.39 Å². The molecule has 8 rings (SSSR count). The number of hydrogen-bond acceptors (Lipinski definition) is 8. The van der Waals surface area contributed by atoms with Crippen LogP contribution in [0.15, 0.2) is 67.0 Å². The van der Waals surface area contributed by atoms with E-state index in [1.54, 1.807) is 12.3 Å². The van der Waals surface area contributed by atoms with Crippen molar-refractivity contribution >= 4 is 23.2 Å². The summed E-state index contributed by atoms with van der Waals surface area (Å²) in [5.41, 5.74) is 6.58. The second kappa shape index (κ2) is 15.4. The highest BCUT2D eigenvalue weighted by molar-refractivity contribution is 6.35. The van der Waals surface area contributed by atoms with Crippen LogP contribution in [0.5, 0.6) is 17.2 Å². The molecule has 3 atom stereocenters. The minimum atomic E-state index is -0.602. The number of fused-ring (bicyclic) bond motifs is 1. The average Bonchev–Trinajstić information content (AvgIpc) is 3.55. The molecule has 1 aliphatic heterocycles. The van der Waals surface area contributed by atoms with Gasteiger partial charge in [0.2, 0.25) is 0 Å². The molecule has 8 nitrogen and oxygen atoms in total. The quantitative estimate of drug-likeness (QED) is 0.124. The van der Waals surface area contributed by atoms with E-state index in [1.807, 2.05) is 36.4 Å². The van der Waals surface area contributed by atoms with Crippen molar-refractivity contribution in [1.29, 1.82) is 5.26 Å². The highest BCUT2D eigenvalue weighted by Gasteiger charge is 2.52. The fourth-order valence-electron chi connectivity index (χ4n) is 8.33. The molecule has 4 aromatic rings.